The Morgan fingerprint density at radius 1 is 1.24 bits per heavy atom. The first-order valence-electron chi connectivity index (χ1n) is 8.00. The number of nitrogens with two attached hydrogens (primary N) is 1. The van der Waals surface area contributed by atoms with E-state index in [9.17, 15) is 4.79 Å². The topological polar surface area (TPSA) is 98.7 Å². The lowest BCUT2D eigenvalue weighted by atomic mass is 10.1. The molecule has 25 heavy (non-hydrogen) atoms. The number of benzene rings is 1. The van der Waals surface area contributed by atoms with Crippen molar-refractivity contribution in [2.75, 3.05) is 12.3 Å². The molecule has 0 unspecified atom stereocenters. The van der Waals surface area contributed by atoms with E-state index in [1.807, 2.05) is 36.7 Å². The van der Waals surface area contributed by atoms with Crippen molar-refractivity contribution in [2.24, 2.45) is 0 Å². The van der Waals surface area contributed by atoms with Crippen molar-refractivity contribution in [1.82, 2.24) is 25.1 Å². The van der Waals surface area contributed by atoms with Crippen molar-refractivity contribution in [1.29, 1.82) is 0 Å². The Bertz CT molecular complexity index is 902. The number of aromatic nitrogens is 4. The van der Waals surface area contributed by atoms with Crippen LogP contribution in [-0.4, -0.2) is 32.2 Å². The number of aryl methyl sites for hydroxylation is 2. The molecule has 2 aromatic heterocycles. The fourth-order valence-corrected chi connectivity index (χ4v) is 2.62. The van der Waals surface area contributed by atoms with Gasteiger partial charge in [-0.25, -0.2) is 4.98 Å². The molecule has 0 fully saturated rings. The molecule has 7 heteroatoms. The molecule has 0 saturated carbocycles. The first kappa shape index (κ1) is 16.6. The number of carbonyl (C=O) groups excluding carboxylic acids is 1. The maximum Gasteiger partial charge on any atom is 0.251 e. The van der Waals surface area contributed by atoms with Crippen LogP contribution in [0.4, 0.5) is 5.82 Å². The Labute approximate surface area is 145 Å². The lowest BCUT2D eigenvalue weighted by Gasteiger charge is -2.08. The maximum absolute atomic E-state index is 12.4. The summed E-state index contributed by atoms with van der Waals surface area (Å²) in [4.78, 5) is 20.6. The Kier molecular flexibility index (Phi) is 4.74. The van der Waals surface area contributed by atoms with Crippen molar-refractivity contribution in [2.45, 2.75) is 20.4 Å². The second kappa shape index (κ2) is 7.12. The fourth-order valence-electron chi connectivity index (χ4n) is 2.62. The molecule has 1 aromatic carbocycles. The van der Waals surface area contributed by atoms with Crippen LogP contribution in [0.1, 0.15) is 21.7 Å². The minimum atomic E-state index is -0.139. The van der Waals surface area contributed by atoms with Gasteiger partial charge in [0.25, 0.3) is 5.91 Å². The van der Waals surface area contributed by atoms with Crippen molar-refractivity contribution in [3.63, 3.8) is 0 Å². The first-order chi connectivity index (χ1) is 12.0. The largest absolute Gasteiger partial charge is 0.382 e. The predicted molar refractivity (Wildman–Crippen MR) is 95.9 cm³/mol. The summed E-state index contributed by atoms with van der Waals surface area (Å²) in [6, 6.07) is 9.24. The third-order valence-electron chi connectivity index (χ3n) is 3.79. The van der Waals surface area contributed by atoms with Crippen LogP contribution in [0.3, 0.4) is 0 Å². The van der Waals surface area contributed by atoms with E-state index in [-0.39, 0.29) is 5.91 Å². The van der Waals surface area contributed by atoms with Gasteiger partial charge >= 0.3 is 0 Å². The van der Waals surface area contributed by atoms with Crippen LogP contribution in [0, 0.1) is 13.8 Å². The van der Waals surface area contributed by atoms with Gasteiger partial charge in [0, 0.05) is 23.4 Å². The van der Waals surface area contributed by atoms with Crippen LogP contribution < -0.4 is 11.1 Å². The number of nitrogens with one attached hydrogen (secondary N) is 1. The van der Waals surface area contributed by atoms with E-state index in [0.29, 0.717) is 30.2 Å². The van der Waals surface area contributed by atoms with Gasteiger partial charge < -0.3 is 11.1 Å². The van der Waals surface area contributed by atoms with E-state index in [1.54, 1.807) is 18.3 Å². The molecule has 0 saturated heterocycles. The predicted octanol–water partition coefficient (Wildman–Crippen LogP) is 1.97. The van der Waals surface area contributed by atoms with Crippen molar-refractivity contribution in [3.8, 4) is 11.3 Å². The molecule has 3 rings (SSSR count). The Hall–Kier alpha value is -3.22. The van der Waals surface area contributed by atoms with Crippen LogP contribution in [0.5, 0.6) is 0 Å². The van der Waals surface area contributed by atoms with Crippen LogP contribution in [0.2, 0.25) is 0 Å². The number of carbonyl (C=O) groups is 1. The summed E-state index contributed by atoms with van der Waals surface area (Å²) >= 11 is 0. The Balaban J connectivity index is 1.66. The molecule has 1 amide bonds. The standard InChI is InChI=1S/C18H20N6O/c1-12-8-13(2)24(23-12)7-6-21-18(25)15-5-3-4-14(9-15)16-10-20-11-17(19)22-16/h3-5,8-11H,6-7H2,1-2H3,(H2,19,22)(H,21,25). The number of hydrogen-bond donors (Lipinski definition) is 2. The quantitative estimate of drug-likeness (QED) is 0.742. The van der Waals surface area contributed by atoms with Gasteiger partial charge in [-0.3, -0.25) is 14.5 Å². The minimum absolute atomic E-state index is 0.139. The molecule has 128 valence electrons. The monoisotopic (exact) mass is 336 g/mol. The lowest BCUT2D eigenvalue weighted by Crippen LogP contribution is -2.27. The average molecular weight is 336 g/mol. The fraction of sp³-hybridized carbons (Fsp3) is 0.222. The summed E-state index contributed by atoms with van der Waals surface area (Å²) in [6.07, 6.45) is 3.11. The molecule has 3 N–H and O–H groups in total. The minimum Gasteiger partial charge on any atom is -0.382 e. The van der Waals surface area contributed by atoms with E-state index in [0.717, 1.165) is 17.0 Å². The zero-order valence-corrected chi connectivity index (χ0v) is 14.2. The van der Waals surface area contributed by atoms with Gasteiger partial charge in [0.05, 0.1) is 30.3 Å². The molecular weight excluding hydrogens is 316 g/mol. The number of nitrogen functional groups attached to an aromatic ring is 1. The average Bonchev–Trinajstić information content (AvgIpc) is 2.92. The Morgan fingerprint density at radius 3 is 2.80 bits per heavy atom. The van der Waals surface area contributed by atoms with E-state index >= 15 is 0 Å². The normalized spacial score (nSPS) is 10.6. The third kappa shape index (κ3) is 4.00. The second-order valence-corrected chi connectivity index (χ2v) is 5.82. The van der Waals surface area contributed by atoms with Crippen molar-refractivity contribution >= 4 is 11.7 Å². The van der Waals surface area contributed by atoms with E-state index < -0.39 is 0 Å². The molecule has 0 bridgehead atoms. The number of anilines is 1. The van der Waals surface area contributed by atoms with E-state index in [1.165, 1.54) is 6.20 Å². The number of amides is 1. The zero-order valence-electron chi connectivity index (χ0n) is 14.2. The van der Waals surface area contributed by atoms with E-state index in [2.05, 4.69) is 20.4 Å². The highest BCUT2D eigenvalue weighted by Gasteiger charge is 2.08. The summed E-state index contributed by atoms with van der Waals surface area (Å²) in [5, 5.41) is 7.29. The molecule has 7 nitrogen and oxygen atoms in total. The van der Waals surface area contributed by atoms with Crippen LogP contribution in [0.15, 0.2) is 42.7 Å². The third-order valence-corrected chi connectivity index (χ3v) is 3.79. The van der Waals surface area contributed by atoms with Crippen LogP contribution >= 0.6 is 0 Å². The van der Waals surface area contributed by atoms with E-state index in [4.69, 9.17) is 5.73 Å². The SMILES string of the molecule is Cc1cc(C)n(CCNC(=O)c2cccc(-c3cncc(N)n3)c2)n1. The van der Waals surface area contributed by atoms with Gasteiger partial charge in [-0.05, 0) is 32.0 Å². The van der Waals surface area contributed by atoms with Crippen molar-refractivity contribution < 1.29 is 4.79 Å². The second-order valence-electron chi connectivity index (χ2n) is 5.82. The van der Waals surface area contributed by atoms with Crippen molar-refractivity contribution in [3.05, 3.63) is 59.7 Å². The highest BCUT2D eigenvalue weighted by molar-refractivity contribution is 5.95. The van der Waals surface area contributed by atoms with Crippen LogP contribution in [0.25, 0.3) is 11.3 Å². The molecule has 0 aliphatic heterocycles. The maximum atomic E-state index is 12.4. The smallest absolute Gasteiger partial charge is 0.251 e. The van der Waals surface area contributed by atoms with Gasteiger partial charge in [0.2, 0.25) is 0 Å². The van der Waals surface area contributed by atoms with Gasteiger partial charge in [0.1, 0.15) is 5.82 Å². The van der Waals surface area contributed by atoms with Gasteiger partial charge in [-0.1, -0.05) is 12.1 Å². The lowest BCUT2D eigenvalue weighted by molar-refractivity contribution is 0.0952. The molecule has 0 radical (unpaired) electrons. The van der Waals surface area contributed by atoms with Crippen LogP contribution in [-0.2, 0) is 6.54 Å². The molecular formula is C18H20N6O. The molecule has 0 spiro atoms. The van der Waals surface area contributed by atoms with Gasteiger partial charge in [-0.2, -0.15) is 5.10 Å². The van der Waals surface area contributed by atoms with Gasteiger partial charge in [-0.15, -0.1) is 0 Å². The molecule has 3 aromatic rings. The Morgan fingerprint density at radius 2 is 2.08 bits per heavy atom. The summed E-state index contributed by atoms with van der Waals surface area (Å²) in [5.74, 6) is 0.206. The molecule has 0 atom stereocenters. The summed E-state index contributed by atoms with van der Waals surface area (Å²) in [7, 11) is 0. The number of rotatable bonds is 5. The summed E-state index contributed by atoms with van der Waals surface area (Å²) < 4.78 is 1.88. The summed E-state index contributed by atoms with van der Waals surface area (Å²) in [5.41, 5.74) is 9.72. The summed E-state index contributed by atoms with van der Waals surface area (Å²) in [6.45, 7) is 5.08. The van der Waals surface area contributed by atoms with Gasteiger partial charge in [0.15, 0.2) is 0 Å². The molecule has 2 heterocycles. The number of nitrogens with zero attached hydrogens (tertiary/aromatic N) is 4. The first-order valence-corrected chi connectivity index (χ1v) is 8.00. The highest BCUT2D eigenvalue weighted by Crippen LogP contribution is 2.18. The highest BCUT2D eigenvalue weighted by atomic mass is 16.1. The molecule has 0 aliphatic rings. The zero-order chi connectivity index (χ0) is 17.8. The molecule has 0 aliphatic carbocycles. The number of hydrogen-bond acceptors (Lipinski definition) is 5.